The smallest absolute Gasteiger partial charge is 0.254 e. The number of pyridine rings is 1. The first-order valence-corrected chi connectivity index (χ1v) is 6.30. The molecule has 0 bridgehead atoms. The van der Waals surface area contributed by atoms with Crippen LogP contribution in [0, 0.1) is 6.92 Å². The molecule has 0 aliphatic heterocycles. The largest absolute Gasteiger partial charge is 0.324 e. The van der Waals surface area contributed by atoms with Crippen LogP contribution in [0.4, 0.5) is 11.6 Å². The minimum Gasteiger partial charge on any atom is -0.324 e. The number of hydrogen-bond acceptors (Lipinski definition) is 4. The predicted molar refractivity (Wildman–Crippen MR) is 79.2 cm³/mol. The second kappa shape index (κ2) is 4.77. The first kappa shape index (κ1) is 12.3. The van der Waals surface area contributed by atoms with Gasteiger partial charge in [0.05, 0.1) is 0 Å². The first-order valence-electron chi connectivity index (χ1n) is 6.30. The molecule has 3 aromatic rings. The molecule has 0 amide bonds. The molecule has 0 aliphatic carbocycles. The SMILES string of the molecule is Cc1cc2cnc(Nc3ccccc3)nc2n(C)c1=O. The molecule has 2 heterocycles. The molecule has 0 unspecified atom stereocenters. The minimum absolute atomic E-state index is 0.0399. The lowest BCUT2D eigenvalue weighted by atomic mass is 10.2. The second-order valence-corrected chi connectivity index (χ2v) is 4.66. The van der Waals surface area contributed by atoms with Crippen molar-refractivity contribution in [2.45, 2.75) is 6.92 Å². The zero-order valence-corrected chi connectivity index (χ0v) is 11.3. The summed E-state index contributed by atoms with van der Waals surface area (Å²) in [5, 5.41) is 3.97. The molecule has 5 heteroatoms. The molecular weight excluding hydrogens is 252 g/mol. The van der Waals surface area contributed by atoms with E-state index in [1.165, 1.54) is 0 Å². The Labute approximate surface area is 115 Å². The Bertz CT molecular complexity index is 824. The molecule has 0 fully saturated rings. The van der Waals surface area contributed by atoms with Crippen LogP contribution in [0.15, 0.2) is 47.4 Å². The van der Waals surface area contributed by atoms with Gasteiger partial charge in [0.1, 0.15) is 5.65 Å². The Morgan fingerprint density at radius 3 is 2.70 bits per heavy atom. The number of aryl methyl sites for hydroxylation is 2. The van der Waals surface area contributed by atoms with Crippen molar-refractivity contribution >= 4 is 22.7 Å². The third-order valence-corrected chi connectivity index (χ3v) is 3.16. The number of nitrogens with zero attached hydrogens (tertiary/aromatic N) is 3. The molecule has 2 aromatic heterocycles. The van der Waals surface area contributed by atoms with Crippen molar-refractivity contribution in [1.82, 2.24) is 14.5 Å². The van der Waals surface area contributed by atoms with Crippen molar-refractivity contribution in [2.75, 3.05) is 5.32 Å². The molecule has 3 rings (SSSR count). The molecule has 0 saturated carbocycles. The fourth-order valence-corrected chi connectivity index (χ4v) is 2.12. The molecule has 5 nitrogen and oxygen atoms in total. The van der Waals surface area contributed by atoms with Gasteiger partial charge in [-0.3, -0.25) is 9.36 Å². The van der Waals surface area contributed by atoms with E-state index in [2.05, 4.69) is 15.3 Å². The highest BCUT2D eigenvalue weighted by molar-refractivity contribution is 5.76. The van der Waals surface area contributed by atoms with Gasteiger partial charge in [-0.1, -0.05) is 18.2 Å². The van der Waals surface area contributed by atoms with Gasteiger partial charge in [0, 0.05) is 29.9 Å². The fourth-order valence-electron chi connectivity index (χ4n) is 2.12. The van der Waals surface area contributed by atoms with Crippen LogP contribution in [-0.4, -0.2) is 14.5 Å². The number of hydrogen-bond donors (Lipinski definition) is 1. The molecule has 100 valence electrons. The summed E-state index contributed by atoms with van der Waals surface area (Å²) in [5.74, 6) is 0.475. The van der Waals surface area contributed by atoms with Crippen LogP contribution in [0.3, 0.4) is 0 Å². The van der Waals surface area contributed by atoms with E-state index in [1.807, 2.05) is 36.4 Å². The van der Waals surface area contributed by atoms with Crippen LogP contribution in [-0.2, 0) is 7.05 Å². The molecule has 1 aromatic carbocycles. The van der Waals surface area contributed by atoms with Gasteiger partial charge in [-0.25, -0.2) is 4.98 Å². The Hall–Kier alpha value is -2.69. The first-order chi connectivity index (χ1) is 9.65. The van der Waals surface area contributed by atoms with Crippen molar-refractivity contribution < 1.29 is 0 Å². The summed E-state index contributed by atoms with van der Waals surface area (Å²) in [6.45, 7) is 1.79. The summed E-state index contributed by atoms with van der Waals surface area (Å²) in [5.41, 5.74) is 2.17. The Kier molecular flexibility index (Phi) is 2.95. The standard InChI is InChI=1S/C15H14N4O/c1-10-8-11-9-16-15(17-12-6-4-3-5-7-12)18-13(11)19(2)14(10)20/h3-9H,1-2H3,(H,16,17,18). The van der Waals surface area contributed by atoms with Crippen LogP contribution in [0.25, 0.3) is 11.0 Å². The number of benzene rings is 1. The van der Waals surface area contributed by atoms with E-state index in [4.69, 9.17) is 0 Å². The van der Waals surface area contributed by atoms with E-state index in [0.717, 1.165) is 11.1 Å². The highest BCUT2D eigenvalue weighted by atomic mass is 16.1. The quantitative estimate of drug-likeness (QED) is 0.773. The number of anilines is 2. The van der Waals surface area contributed by atoms with Gasteiger partial charge in [0.15, 0.2) is 0 Å². The Balaban J connectivity index is 2.09. The Morgan fingerprint density at radius 2 is 1.95 bits per heavy atom. The van der Waals surface area contributed by atoms with Gasteiger partial charge in [-0.2, -0.15) is 4.98 Å². The molecule has 0 atom stereocenters. The van der Waals surface area contributed by atoms with Gasteiger partial charge in [0.25, 0.3) is 5.56 Å². The maximum absolute atomic E-state index is 11.9. The van der Waals surface area contributed by atoms with Gasteiger partial charge in [0.2, 0.25) is 5.95 Å². The third kappa shape index (κ3) is 2.14. The Morgan fingerprint density at radius 1 is 1.20 bits per heavy atom. The van der Waals surface area contributed by atoms with Gasteiger partial charge in [-0.15, -0.1) is 0 Å². The summed E-state index contributed by atoms with van der Waals surface area (Å²) in [4.78, 5) is 20.6. The van der Waals surface area contributed by atoms with Crippen molar-refractivity contribution in [3.8, 4) is 0 Å². The molecular formula is C15H14N4O. The number of rotatable bonds is 2. The second-order valence-electron chi connectivity index (χ2n) is 4.66. The summed E-state index contributed by atoms with van der Waals surface area (Å²) in [6, 6.07) is 11.5. The van der Waals surface area contributed by atoms with Crippen molar-refractivity contribution in [1.29, 1.82) is 0 Å². The minimum atomic E-state index is -0.0399. The van der Waals surface area contributed by atoms with Crippen LogP contribution in [0.2, 0.25) is 0 Å². The maximum Gasteiger partial charge on any atom is 0.254 e. The average Bonchev–Trinajstić information content (AvgIpc) is 2.47. The number of para-hydroxylation sites is 1. The predicted octanol–water partition coefficient (Wildman–Crippen LogP) is 2.38. The molecule has 0 aliphatic rings. The normalized spacial score (nSPS) is 10.7. The van der Waals surface area contributed by atoms with Gasteiger partial charge < -0.3 is 5.32 Å². The van der Waals surface area contributed by atoms with Crippen LogP contribution in [0.1, 0.15) is 5.56 Å². The van der Waals surface area contributed by atoms with Crippen LogP contribution >= 0.6 is 0 Å². The monoisotopic (exact) mass is 266 g/mol. The summed E-state index contributed by atoms with van der Waals surface area (Å²) in [6.07, 6.45) is 1.72. The molecule has 0 radical (unpaired) electrons. The van der Waals surface area contributed by atoms with Crippen molar-refractivity contribution in [3.05, 3.63) is 58.5 Å². The summed E-state index contributed by atoms with van der Waals surface area (Å²) < 4.78 is 1.54. The van der Waals surface area contributed by atoms with Gasteiger partial charge >= 0.3 is 0 Å². The highest BCUT2D eigenvalue weighted by Crippen LogP contribution is 2.15. The average molecular weight is 266 g/mol. The zero-order chi connectivity index (χ0) is 14.1. The zero-order valence-electron chi connectivity index (χ0n) is 11.3. The summed E-state index contributed by atoms with van der Waals surface area (Å²) in [7, 11) is 1.72. The van der Waals surface area contributed by atoms with E-state index in [-0.39, 0.29) is 5.56 Å². The number of fused-ring (bicyclic) bond motifs is 1. The van der Waals surface area contributed by atoms with E-state index < -0.39 is 0 Å². The van der Waals surface area contributed by atoms with Crippen LogP contribution in [0.5, 0.6) is 0 Å². The topological polar surface area (TPSA) is 59.8 Å². The number of nitrogens with one attached hydrogen (secondary N) is 1. The highest BCUT2D eigenvalue weighted by Gasteiger charge is 2.06. The summed E-state index contributed by atoms with van der Waals surface area (Å²) >= 11 is 0. The van der Waals surface area contributed by atoms with Gasteiger partial charge in [-0.05, 0) is 25.1 Å². The third-order valence-electron chi connectivity index (χ3n) is 3.16. The van der Waals surface area contributed by atoms with E-state index in [9.17, 15) is 4.79 Å². The van der Waals surface area contributed by atoms with Crippen LogP contribution < -0.4 is 10.9 Å². The van der Waals surface area contributed by atoms with Crippen molar-refractivity contribution in [2.24, 2.45) is 7.05 Å². The van der Waals surface area contributed by atoms with E-state index in [0.29, 0.717) is 17.2 Å². The lowest BCUT2D eigenvalue weighted by Gasteiger charge is -2.08. The maximum atomic E-state index is 11.9. The molecule has 20 heavy (non-hydrogen) atoms. The van der Waals surface area contributed by atoms with E-state index >= 15 is 0 Å². The lowest BCUT2D eigenvalue weighted by Crippen LogP contribution is -2.20. The van der Waals surface area contributed by atoms with Crippen molar-refractivity contribution in [3.63, 3.8) is 0 Å². The lowest BCUT2D eigenvalue weighted by molar-refractivity contribution is 0.873. The van der Waals surface area contributed by atoms with E-state index in [1.54, 1.807) is 24.7 Å². The molecule has 0 saturated heterocycles. The molecule has 0 spiro atoms. The fraction of sp³-hybridized carbons (Fsp3) is 0.133. The number of aromatic nitrogens is 3. The molecule has 1 N–H and O–H groups in total.